The molecule has 0 spiro atoms. The van der Waals surface area contributed by atoms with Crippen LogP contribution in [-0.4, -0.2) is 23.0 Å². The Morgan fingerprint density at radius 2 is 2.11 bits per heavy atom. The number of rotatable bonds is 5. The predicted octanol–water partition coefficient (Wildman–Crippen LogP) is 3.60. The zero-order chi connectivity index (χ0) is 19.7. The maximum atomic E-state index is 13.7. The molecule has 0 saturated heterocycles. The number of H-pyrrole nitrogens is 1. The second-order valence-electron chi connectivity index (χ2n) is 6.19. The lowest BCUT2D eigenvalue weighted by atomic mass is 10.1. The number of ether oxygens (including phenoxy) is 2. The van der Waals surface area contributed by atoms with E-state index in [2.05, 4.69) is 9.97 Å². The number of carbonyl (C=O) groups excluding carboxylic acids is 1. The molecule has 0 aliphatic carbocycles. The number of nitrogens with one attached hydrogen (secondary N) is 1. The van der Waals surface area contributed by atoms with Crippen LogP contribution in [0, 0.1) is 19.7 Å². The van der Waals surface area contributed by atoms with Crippen molar-refractivity contribution in [2.75, 3.05) is 7.11 Å². The molecule has 1 N–H and O–H groups in total. The first kappa shape index (κ1) is 19.0. The highest BCUT2D eigenvalue weighted by Gasteiger charge is 2.18. The van der Waals surface area contributed by atoms with Gasteiger partial charge in [0.15, 0.2) is 23.5 Å². The molecule has 8 heteroatoms. The van der Waals surface area contributed by atoms with Crippen LogP contribution in [0.25, 0.3) is 10.2 Å². The third-order valence-corrected chi connectivity index (χ3v) is 5.42. The summed E-state index contributed by atoms with van der Waals surface area (Å²) in [5, 5.41) is 0.563. The van der Waals surface area contributed by atoms with Crippen molar-refractivity contribution >= 4 is 27.5 Å². The van der Waals surface area contributed by atoms with Gasteiger partial charge in [0.05, 0.1) is 18.9 Å². The molecule has 0 aliphatic rings. The molecule has 2 aromatic heterocycles. The van der Waals surface area contributed by atoms with Gasteiger partial charge in [0.1, 0.15) is 4.83 Å². The summed E-state index contributed by atoms with van der Waals surface area (Å²) in [7, 11) is 1.37. The molecule has 0 radical (unpaired) electrons. The lowest BCUT2D eigenvalue weighted by Crippen LogP contribution is -2.18. The minimum atomic E-state index is -0.736. The Bertz CT molecular complexity index is 1070. The van der Waals surface area contributed by atoms with Crippen LogP contribution in [0.1, 0.15) is 34.9 Å². The van der Waals surface area contributed by atoms with Crippen LogP contribution in [-0.2, 0) is 16.0 Å². The van der Waals surface area contributed by atoms with Crippen LogP contribution >= 0.6 is 11.3 Å². The molecule has 1 aromatic carbocycles. The van der Waals surface area contributed by atoms with E-state index in [0.717, 1.165) is 10.4 Å². The number of nitrogens with zero attached hydrogens (tertiary/aromatic N) is 1. The molecule has 0 unspecified atom stereocenters. The molecule has 0 fully saturated rings. The maximum absolute atomic E-state index is 13.7. The molecule has 0 bridgehead atoms. The number of halogens is 1. The molecule has 0 aliphatic heterocycles. The second-order valence-corrected chi connectivity index (χ2v) is 7.40. The highest BCUT2D eigenvalue weighted by atomic mass is 32.1. The van der Waals surface area contributed by atoms with Gasteiger partial charge in [0.25, 0.3) is 5.56 Å². The minimum absolute atomic E-state index is 0.102. The number of hydrogen-bond donors (Lipinski definition) is 1. The fourth-order valence-electron chi connectivity index (χ4n) is 2.75. The average Bonchev–Trinajstić information content (AvgIpc) is 2.89. The SMILES string of the molecule is COc1ccc(CC(=O)O[C@@H](C)c2nc3sc(C)c(C)c3c(=O)[nH]2)cc1F. The first-order valence-electron chi connectivity index (χ1n) is 8.32. The van der Waals surface area contributed by atoms with E-state index in [0.29, 0.717) is 15.8 Å². The summed E-state index contributed by atoms with van der Waals surface area (Å²) in [6.07, 6.45) is -0.838. The number of aromatic amines is 1. The Morgan fingerprint density at radius 3 is 2.78 bits per heavy atom. The van der Waals surface area contributed by atoms with E-state index in [4.69, 9.17) is 9.47 Å². The Kier molecular flexibility index (Phi) is 5.27. The van der Waals surface area contributed by atoms with Crippen molar-refractivity contribution in [1.82, 2.24) is 9.97 Å². The smallest absolute Gasteiger partial charge is 0.310 e. The number of fused-ring (bicyclic) bond motifs is 1. The van der Waals surface area contributed by atoms with Crippen molar-refractivity contribution in [1.29, 1.82) is 0 Å². The normalized spacial score (nSPS) is 12.2. The Hall–Kier alpha value is -2.74. The summed E-state index contributed by atoms with van der Waals surface area (Å²) in [5.74, 6) is -0.704. The molecule has 3 aromatic rings. The van der Waals surface area contributed by atoms with Crippen molar-refractivity contribution in [2.24, 2.45) is 0 Å². The number of benzene rings is 1. The van der Waals surface area contributed by atoms with Crippen molar-refractivity contribution in [3.05, 3.63) is 56.2 Å². The van der Waals surface area contributed by atoms with Crippen LogP contribution in [0.2, 0.25) is 0 Å². The zero-order valence-corrected chi connectivity index (χ0v) is 16.2. The Labute approximate surface area is 159 Å². The van der Waals surface area contributed by atoms with Crippen molar-refractivity contribution in [3.63, 3.8) is 0 Å². The van der Waals surface area contributed by atoms with Crippen LogP contribution in [0.5, 0.6) is 5.75 Å². The predicted molar refractivity (Wildman–Crippen MR) is 101 cm³/mol. The van der Waals surface area contributed by atoms with Gasteiger partial charge in [-0.25, -0.2) is 9.37 Å². The van der Waals surface area contributed by atoms with E-state index in [-0.39, 0.29) is 23.6 Å². The minimum Gasteiger partial charge on any atom is -0.494 e. The van der Waals surface area contributed by atoms with Gasteiger partial charge in [-0.2, -0.15) is 0 Å². The molecule has 0 saturated carbocycles. The molecule has 0 amide bonds. The quantitative estimate of drug-likeness (QED) is 0.673. The fourth-order valence-corrected chi connectivity index (χ4v) is 3.78. The average molecular weight is 390 g/mol. The number of methoxy groups -OCH3 is 1. The van der Waals surface area contributed by atoms with Gasteiger partial charge in [-0.05, 0) is 44.0 Å². The number of aryl methyl sites for hydroxylation is 2. The summed E-state index contributed by atoms with van der Waals surface area (Å²) < 4.78 is 23.9. The van der Waals surface area contributed by atoms with Crippen LogP contribution < -0.4 is 10.3 Å². The lowest BCUT2D eigenvalue weighted by Gasteiger charge is -2.13. The van der Waals surface area contributed by atoms with Gasteiger partial charge < -0.3 is 14.5 Å². The molecular formula is C19H19FN2O4S. The molecule has 6 nitrogen and oxygen atoms in total. The highest BCUT2D eigenvalue weighted by Crippen LogP contribution is 2.27. The van der Waals surface area contributed by atoms with Crippen molar-refractivity contribution in [3.8, 4) is 5.75 Å². The first-order valence-corrected chi connectivity index (χ1v) is 9.13. The first-order chi connectivity index (χ1) is 12.8. The van der Waals surface area contributed by atoms with E-state index >= 15 is 0 Å². The standard InChI is InChI=1S/C19H19FN2O4S/c1-9-11(3)27-19-16(9)18(24)21-17(22-19)10(2)26-15(23)8-12-5-6-14(25-4)13(20)7-12/h5-7,10H,8H2,1-4H3,(H,21,22,24)/t10-/m0/s1. The van der Waals surface area contributed by atoms with Gasteiger partial charge in [-0.1, -0.05) is 6.07 Å². The van der Waals surface area contributed by atoms with Crippen LogP contribution in [0.4, 0.5) is 4.39 Å². The number of thiophene rings is 1. The number of esters is 1. The molecule has 3 rings (SSSR count). The monoisotopic (exact) mass is 390 g/mol. The Morgan fingerprint density at radius 1 is 1.37 bits per heavy atom. The van der Waals surface area contributed by atoms with Gasteiger partial charge >= 0.3 is 5.97 Å². The van der Waals surface area contributed by atoms with Gasteiger partial charge in [0, 0.05) is 4.88 Å². The summed E-state index contributed by atoms with van der Waals surface area (Å²) in [4.78, 5) is 33.2. The third-order valence-electron chi connectivity index (χ3n) is 4.32. The number of hydrogen-bond acceptors (Lipinski definition) is 6. The Balaban J connectivity index is 1.76. The molecular weight excluding hydrogens is 371 g/mol. The summed E-state index contributed by atoms with van der Waals surface area (Å²) in [6.45, 7) is 5.43. The summed E-state index contributed by atoms with van der Waals surface area (Å²) in [6, 6.07) is 4.28. The topological polar surface area (TPSA) is 81.3 Å². The van der Waals surface area contributed by atoms with Gasteiger partial charge in [0.2, 0.25) is 0 Å². The second kappa shape index (κ2) is 7.48. The van der Waals surface area contributed by atoms with Crippen molar-refractivity contribution in [2.45, 2.75) is 33.3 Å². The zero-order valence-electron chi connectivity index (χ0n) is 15.4. The molecule has 1 atom stereocenters. The van der Waals surface area contributed by atoms with Gasteiger partial charge in [-0.15, -0.1) is 11.3 Å². The van der Waals surface area contributed by atoms with Crippen LogP contribution in [0.3, 0.4) is 0 Å². The highest BCUT2D eigenvalue weighted by molar-refractivity contribution is 7.18. The van der Waals surface area contributed by atoms with Crippen LogP contribution in [0.15, 0.2) is 23.0 Å². The molecule has 2 heterocycles. The summed E-state index contributed by atoms with van der Waals surface area (Å²) in [5.41, 5.74) is 1.12. The fraction of sp³-hybridized carbons (Fsp3) is 0.316. The largest absolute Gasteiger partial charge is 0.494 e. The lowest BCUT2D eigenvalue weighted by molar-refractivity contribution is -0.148. The van der Waals surface area contributed by atoms with E-state index in [1.807, 2.05) is 13.8 Å². The molecule has 142 valence electrons. The van der Waals surface area contributed by atoms with E-state index in [1.165, 1.54) is 30.6 Å². The van der Waals surface area contributed by atoms with E-state index in [9.17, 15) is 14.0 Å². The summed E-state index contributed by atoms with van der Waals surface area (Å²) >= 11 is 1.43. The van der Waals surface area contributed by atoms with E-state index < -0.39 is 17.9 Å². The third kappa shape index (κ3) is 3.85. The number of aromatic nitrogens is 2. The van der Waals surface area contributed by atoms with Gasteiger partial charge in [-0.3, -0.25) is 9.59 Å². The van der Waals surface area contributed by atoms with E-state index in [1.54, 1.807) is 13.0 Å². The number of carbonyl (C=O) groups is 1. The molecule has 27 heavy (non-hydrogen) atoms. The van der Waals surface area contributed by atoms with Crippen molar-refractivity contribution < 1.29 is 18.7 Å². The maximum Gasteiger partial charge on any atom is 0.310 e.